The molecule has 0 aliphatic heterocycles. The minimum Gasteiger partial charge on any atom is -0.496 e. The number of benzene rings is 1. The van der Waals surface area contributed by atoms with Crippen LogP contribution in [-0.4, -0.2) is 19.3 Å². The van der Waals surface area contributed by atoms with Crippen molar-refractivity contribution in [3.63, 3.8) is 0 Å². The molecule has 0 saturated heterocycles. The van der Waals surface area contributed by atoms with Gasteiger partial charge in [0.25, 0.3) is 0 Å². The first-order valence-corrected chi connectivity index (χ1v) is 4.57. The van der Waals surface area contributed by atoms with Crippen LogP contribution >= 0.6 is 11.6 Å². The predicted molar refractivity (Wildman–Crippen MR) is 55.2 cm³/mol. The number of methoxy groups -OCH3 is 2. The second-order valence-corrected chi connectivity index (χ2v) is 3.31. The molecule has 14 heavy (non-hydrogen) atoms. The zero-order valence-electron chi connectivity index (χ0n) is 8.37. The molecule has 0 heterocycles. The smallest absolute Gasteiger partial charge is 0.141 e. The molecule has 0 amide bonds. The van der Waals surface area contributed by atoms with Gasteiger partial charge in [-0.15, -0.1) is 0 Å². The zero-order valence-corrected chi connectivity index (χ0v) is 9.13. The summed E-state index contributed by atoms with van der Waals surface area (Å²) in [5.74, 6) is 1.11. The number of ether oxygens (including phenoxy) is 2. The van der Waals surface area contributed by atoms with Gasteiger partial charge in [0.2, 0.25) is 0 Å². The average molecular weight is 217 g/mol. The third kappa shape index (κ3) is 2.11. The molecule has 0 fully saturated rings. The average Bonchev–Trinajstić information content (AvgIpc) is 2.17. The fourth-order valence-corrected chi connectivity index (χ4v) is 1.46. The summed E-state index contributed by atoms with van der Waals surface area (Å²) in [5, 5.41) is 9.91. The number of halogens is 1. The van der Waals surface area contributed by atoms with E-state index in [1.807, 2.05) is 0 Å². The normalized spacial score (nSPS) is 12.4. The number of rotatable bonds is 3. The summed E-state index contributed by atoms with van der Waals surface area (Å²) in [4.78, 5) is 0. The minimum atomic E-state index is -0.617. The van der Waals surface area contributed by atoms with Gasteiger partial charge in [-0.1, -0.05) is 11.6 Å². The lowest BCUT2D eigenvalue weighted by molar-refractivity contribution is 0.194. The van der Waals surface area contributed by atoms with E-state index in [0.29, 0.717) is 22.1 Å². The van der Waals surface area contributed by atoms with Gasteiger partial charge in [0.15, 0.2) is 0 Å². The molecule has 0 saturated carbocycles. The van der Waals surface area contributed by atoms with Gasteiger partial charge < -0.3 is 14.6 Å². The van der Waals surface area contributed by atoms with Gasteiger partial charge in [-0.3, -0.25) is 0 Å². The van der Waals surface area contributed by atoms with Gasteiger partial charge in [-0.05, 0) is 13.0 Å². The van der Waals surface area contributed by atoms with Crippen molar-refractivity contribution >= 4 is 11.6 Å². The summed E-state index contributed by atoms with van der Waals surface area (Å²) in [6.07, 6.45) is -0.617. The van der Waals surface area contributed by atoms with Gasteiger partial charge in [0.1, 0.15) is 11.5 Å². The molecule has 1 N–H and O–H groups in total. The van der Waals surface area contributed by atoms with E-state index >= 15 is 0 Å². The molecular formula is C10H13ClO3. The first-order chi connectivity index (χ1) is 6.60. The van der Waals surface area contributed by atoms with Crippen LogP contribution in [0.4, 0.5) is 0 Å². The van der Waals surface area contributed by atoms with Crippen molar-refractivity contribution in [1.82, 2.24) is 0 Å². The van der Waals surface area contributed by atoms with E-state index in [9.17, 15) is 5.11 Å². The molecule has 0 bridgehead atoms. The number of hydrogen-bond acceptors (Lipinski definition) is 3. The van der Waals surface area contributed by atoms with Crippen LogP contribution in [0.5, 0.6) is 11.5 Å². The Morgan fingerprint density at radius 2 is 1.79 bits per heavy atom. The Labute approximate surface area is 88.2 Å². The molecule has 1 aromatic rings. The van der Waals surface area contributed by atoms with Crippen LogP contribution in [0.1, 0.15) is 18.6 Å². The third-order valence-corrected chi connectivity index (χ3v) is 2.25. The van der Waals surface area contributed by atoms with Crippen LogP contribution in [-0.2, 0) is 0 Å². The maximum Gasteiger partial charge on any atom is 0.141 e. The maximum atomic E-state index is 9.44. The van der Waals surface area contributed by atoms with Crippen LogP contribution in [0, 0.1) is 0 Å². The highest BCUT2D eigenvalue weighted by Crippen LogP contribution is 2.35. The number of hydrogen-bond donors (Lipinski definition) is 1. The van der Waals surface area contributed by atoms with Crippen LogP contribution in [0.3, 0.4) is 0 Å². The standard InChI is InChI=1S/C10H13ClO3/c1-6(12)7-4-8(11)10(14-3)5-9(7)13-2/h4-6,12H,1-3H3. The second-order valence-electron chi connectivity index (χ2n) is 2.90. The first-order valence-electron chi connectivity index (χ1n) is 4.19. The van der Waals surface area contributed by atoms with E-state index in [2.05, 4.69) is 0 Å². The predicted octanol–water partition coefficient (Wildman–Crippen LogP) is 2.41. The fraction of sp³-hybridized carbons (Fsp3) is 0.400. The summed E-state index contributed by atoms with van der Waals surface area (Å²) >= 11 is 5.91. The van der Waals surface area contributed by atoms with Crippen molar-refractivity contribution in [3.05, 3.63) is 22.7 Å². The SMILES string of the molecule is COc1cc(OC)c(C(C)O)cc1Cl. The molecule has 1 unspecified atom stereocenters. The second kappa shape index (κ2) is 4.53. The van der Waals surface area contributed by atoms with E-state index in [0.717, 1.165) is 0 Å². The minimum absolute atomic E-state index is 0.462. The van der Waals surface area contributed by atoms with Crippen molar-refractivity contribution in [2.75, 3.05) is 14.2 Å². The molecule has 0 aliphatic carbocycles. The lowest BCUT2D eigenvalue weighted by Crippen LogP contribution is -1.97. The van der Waals surface area contributed by atoms with Crippen molar-refractivity contribution in [2.24, 2.45) is 0 Å². The fourth-order valence-electron chi connectivity index (χ4n) is 1.21. The van der Waals surface area contributed by atoms with E-state index in [-0.39, 0.29) is 0 Å². The molecule has 0 aliphatic rings. The van der Waals surface area contributed by atoms with Gasteiger partial charge >= 0.3 is 0 Å². The van der Waals surface area contributed by atoms with Crippen molar-refractivity contribution in [3.8, 4) is 11.5 Å². The lowest BCUT2D eigenvalue weighted by atomic mass is 10.1. The van der Waals surface area contributed by atoms with Crippen molar-refractivity contribution in [1.29, 1.82) is 0 Å². The molecule has 0 spiro atoms. The Bertz CT molecular complexity index is 323. The van der Waals surface area contributed by atoms with E-state index < -0.39 is 6.10 Å². The van der Waals surface area contributed by atoms with E-state index in [4.69, 9.17) is 21.1 Å². The summed E-state index contributed by atoms with van der Waals surface area (Å²) in [6.45, 7) is 1.65. The van der Waals surface area contributed by atoms with E-state index in [1.165, 1.54) is 14.2 Å². The molecule has 4 heteroatoms. The Morgan fingerprint density at radius 3 is 2.21 bits per heavy atom. The molecule has 1 aromatic carbocycles. The highest BCUT2D eigenvalue weighted by molar-refractivity contribution is 6.32. The van der Waals surface area contributed by atoms with Crippen molar-refractivity contribution in [2.45, 2.75) is 13.0 Å². The van der Waals surface area contributed by atoms with Crippen LogP contribution in [0.25, 0.3) is 0 Å². The Hall–Kier alpha value is -0.930. The largest absolute Gasteiger partial charge is 0.496 e. The van der Waals surface area contributed by atoms with Crippen LogP contribution < -0.4 is 9.47 Å². The molecular weight excluding hydrogens is 204 g/mol. The Morgan fingerprint density at radius 1 is 1.21 bits per heavy atom. The van der Waals surface area contributed by atoms with Crippen LogP contribution in [0.15, 0.2) is 12.1 Å². The molecule has 3 nitrogen and oxygen atoms in total. The summed E-state index contributed by atoms with van der Waals surface area (Å²) in [5.41, 5.74) is 0.651. The molecule has 0 aromatic heterocycles. The first kappa shape index (κ1) is 11.1. The number of aliphatic hydroxyl groups is 1. The Kier molecular flexibility index (Phi) is 3.61. The van der Waals surface area contributed by atoms with Gasteiger partial charge in [0, 0.05) is 11.6 Å². The number of aliphatic hydroxyl groups excluding tert-OH is 1. The van der Waals surface area contributed by atoms with E-state index in [1.54, 1.807) is 19.1 Å². The molecule has 78 valence electrons. The third-order valence-electron chi connectivity index (χ3n) is 1.95. The molecule has 1 rings (SSSR count). The highest BCUT2D eigenvalue weighted by Gasteiger charge is 2.13. The van der Waals surface area contributed by atoms with Gasteiger partial charge in [0.05, 0.1) is 25.3 Å². The topological polar surface area (TPSA) is 38.7 Å². The quantitative estimate of drug-likeness (QED) is 0.844. The highest BCUT2D eigenvalue weighted by atomic mass is 35.5. The molecule has 1 atom stereocenters. The Balaban J connectivity index is 3.24. The van der Waals surface area contributed by atoms with Crippen molar-refractivity contribution < 1.29 is 14.6 Å². The lowest BCUT2D eigenvalue weighted by Gasteiger charge is -2.13. The zero-order chi connectivity index (χ0) is 10.7. The monoisotopic (exact) mass is 216 g/mol. The molecule has 0 radical (unpaired) electrons. The van der Waals surface area contributed by atoms with Gasteiger partial charge in [-0.2, -0.15) is 0 Å². The van der Waals surface area contributed by atoms with Gasteiger partial charge in [-0.25, -0.2) is 0 Å². The summed E-state index contributed by atoms with van der Waals surface area (Å²) < 4.78 is 10.1. The maximum absolute atomic E-state index is 9.44. The summed E-state index contributed by atoms with van der Waals surface area (Å²) in [6, 6.07) is 3.30. The summed E-state index contributed by atoms with van der Waals surface area (Å²) in [7, 11) is 3.07. The van der Waals surface area contributed by atoms with Crippen LogP contribution in [0.2, 0.25) is 5.02 Å².